The third-order valence-corrected chi connectivity index (χ3v) is 5.45. The number of carbonyl (C=O) groups excluding carboxylic acids is 3. The van der Waals surface area contributed by atoms with E-state index in [1.807, 2.05) is 12.1 Å². The Morgan fingerprint density at radius 2 is 1.78 bits per heavy atom. The predicted octanol–water partition coefficient (Wildman–Crippen LogP) is 2.94. The highest BCUT2D eigenvalue weighted by Gasteiger charge is 2.51. The van der Waals surface area contributed by atoms with Crippen molar-refractivity contribution in [3.8, 4) is 0 Å². The van der Waals surface area contributed by atoms with Crippen LogP contribution in [0.1, 0.15) is 38.5 Å². The lowest BCUT2D eigenvalue weighted by Gasteiger charge is -2.30. The molecular formula is C17H19IN2O3. The second-order valence-electron chi connectivity index (χ2n) is 6.36. The molecule has 1 aromatic rings. The van der Waals surface area contributed by atoms with Crippen molar-refractivity contribution >= 4 is 46.0 Å². The number of likely N-dealkylation sites (tertiary alicyclic amines) is 1. The lowest BCUT2D eigenvalue weighted by molar-refractivity contribution is -0.144. The maximum atomic E-state index is 12.6. The molecule has 3 amide bonds. The minimum atomic E-state index is -0.529. The van der Waals surface area contributed by atoms with Crippen molar-refractivity contribution in [2.24, 2.45) is 5.41 Å². The van der Waals surface area contributed by atoms with Gasteiger partial charge < -0.3 is 5.32 Å². The molecule has 1 saturated carbocycles. The van der Waals surface area contributed by atoms with E-state index in [1.165, 1.54) is 0 Å². The third kappa shape index (κ3) is 3.41. The summed E-state index contributed by atoms with van der Waals surface area (Å²) in [6, 6.07) is 7.38. The van der Waals surface area contributed by atoms with Crippen LogP contribution < -0.4 is 5.32 Å². The normalized spacial score (nSPS) is 20.1. The summed E-state index contributed by atoms with van der Waals surface area (Å²) in [5.74, 6) is -0.699. The molecule has 2 fully saturated rings. The van der Waals surface area contributed by atoms with Crippen LogP contribution in [0.3, 0.4) is 0 Å². The summed E-state index contributed by atoms with van der Waals surface area (Å²) in [5, 5.41) is 2.74. The van der Waals surface area contributed by atoms with Gasteiger partial charge in [-0.05, 0) is 59.7 Å². The molecule has 1 saturated heterocycles. The van der Waals surface area contributed by atoms with Crippen LogP contribution in [0, 0.1) is 8.99 Å². The molecule has 0 radical (unpaired) electrons. The predicted molar refractivity (Wildman–Crippen MR) is 94.6 cm³/mol. The second kappa shape index (κ2) is 6.59. The summed E-state index contributed by atoms with van der Waals surface area (Å²) in [5.41, 5.74) is 0.139. The molecule has 1 aliphatic carbocycles. The fourth-order valence-electron chi connectivity index (χ4n) is 3.52. The van der Waals surface area contributed by atoms with Gasteiger partial charge in [-0.3, -0.25) is 19.3 Å². The Morgan fingerprint density at radius 3 is 2.43 bits per heavy atom. The fourth-order valence-corrected chi connectivity index (χ4v) is 3.88. The van der Waals surface area contributed by atoms with Gasteiger partial charge in [0, 0.05) is 15.7 Å². The van der Waals surface area contributed by atoms with E-state index in [0.29, 0.717) is 5.69 Å². The van der Waals surface area contributed by atoms with Crippen LogP contribution in [0.15, 0.2) is 24.3 Å². The maximum absolute atomic E-state index is 12.6. The first-order valence-corrected chi connectivity index (χ1v) is 8.98. The van der Waals surface area contributed by atoms with Crippen molar-refractivity contribution in [3.63, 3.8) is 0 Å². The summed E-state index contributed by atoms with van der Waals surface area (Å²) < 4.78 is 1.07. The van der Waals surface area contributed by atoms with Gasteiger partial charge in [0.25, 0.3) is 0 Å². The molecule has 1 aromatic carbocycles. The van der Waals surface area contributed by atoms with Crippen LogP contribution >= 0.6 is 22.6 Å². The molecular weight excluding hydrogens is 407 g/mol. The smallest absolute Gasteiger partial charge is 0.244 e. The van der Waals surface area contributed by atoms with Gasteiger partial charge in [-0.1, -0.05) is 19.3 Å². The van der Waals surface area contributed by atoms with Crippen molar-refractivity contribution in [1.82, 2.24) is 4.90 Å². The largest absolute Gasteiger partial charge is 0.325 e. The molecule has 0 bridgehead atoms. The number of hydrogen-bond donors (Lipinski definition) is 1. The number of benzene rings is 1. The molecule has 6 heteroatoms. The van der Waals surface area contributed by atoms with Crippen molar-refractivity contribution < 1.29 is 14.4 Å². The topological polar surface area (TPSA) is 66.5 Å². The van der Waals surface area contributed by atoms with Crippen LogP contribution in [0.25, 0.3) is 0 Å². The number of halogens is 1. The van der Waals surface area contributed by atoms with Gasteiger partial charge in [0.15, 0.2) is 0 Å². The molecule has 0 atom stereocenters. The highest BCUT2D eigenvalue weighted by Crippen LogP contribution is 2.45. The first-order valence-electron chi connectivity index (χ1n) is 7.90. The Morgan fingerprint density at radius 1 is 1.13 bits per heavy atom. The number of nitrogens with zero attached hydrogens (tertiary/aromatic N) is 1. The van der Waals surface area contributed by atoms with Gasteiger partial charge >= 0.3 is 0 Å². The maximum Gasteiger partial charge on any atom is 0.244 e. The minimum Gasteiger partial charge on any atom is -0.325 e. The standard InChI is InChI=1S/C17H19IN2O3/c18-12-4-6-13(7-5-12)19-14(21)11-20-15(22)10-17(16(20)23)8-2-1-3-9-17/h4-7H,1-3,8-11H2,(H,19,21). The number of carbonyl (C=O) groups is 3. The summed E-state index contributed by atoms with van der Waals surface area (Å²) in [4.78, 5) is 38.2. The molecule has 0 unspecified atom stereocenters. The zero-order valence-corrected chi connectivity index (χ0v) is 15.0. The van der Waals surface area contributed by atoms with Gasteiger partial charge in [-0.25, -0.2) is 0 Å². The lowest BCUT2D eigenvalue weighted by atomic mass is 9.73. The first-order chi connectivity index (χ1) is 11.0. The van der Waals surface area contributed by atoms with Crippen molar-refractivity contribution in [2.75, 3.05) is 11.9 Å². The molecule has 0 aromatic heterocycles. The highest BCUT2D eigenvalue weighted by molar-refractivity contribution is 14.1. The Bertz CT molecular complexity index is 636. The fraction of sp³-hybridized carbons (Fsp3) is 0.471. The van der Waals surface area contributed by atoms with Gasteiger partial charge in [0.2, 0.25) is 17.7 Å². The zero-order valence-electron chi connectivity index (χ0n) is 12.8. The summed E-state index contributed by atoms with van der Waals surface area (Å²) in [7, 11) is 0. The van der Waals surface area contributed by atoms with E-state index in [1.54, 1.807) is 12.1 Å². The van der Waals surface area contributed by atoms with Crippen molar-refractivity contribution in [3.05, 3.63) is 27.8 Å². The van der Waals surface area contributed by atoms with E-state index in [-0.39, 0.29) is 30.7 Å². The second-order valence-corrected chi connectivity index (χ2v) is 7.60. The average Bonchev–Trinajstić information content (AvgIpc) is 2.75. The number of hydrogen-bond acceptors (Lipinski definition) is 3. The highest BCUT2D eigenvalue weighted by atomic mass is 127. The van der Waals surface area contributed by atoms with E-state index in [4.69, 9.17) is 0 Å². The van der Waals surface area contributed by atoms with E-state index in [2.05, 4.69) is 27.9 Å². The lowest BCUT2D eigenvalue weighted by Crippen LogP contribution is -2.41. The number of anilines is 1. The average molecular weight is 426 g/mol. The van der Waals surface area contributed by atoms with Crippen LogP contribution in [0.5, 0.6) is 0 Å². The zero-order chi connectivity index (χ0) is 16.4. The molecule has 23 heavy (non-hydrogen) atoms. The molecule has 1 heterocycles. The van der Waals surface area contributed by atoms with Crippen LogP contribution in [-0.4, -0.2) is 29.2 Å². The Labute approximate surface area is 148 Å². The molecule has 2 aliphatic rings. The van der Waals surface area contributed by atoms with Crippen LogP contribution in [0.2, 0.25) is 0 Å². The monoisotopic (exact) mass is 426 g/mol. The SMILES string of the molecule is O=C(CN1C(=O)CC2(CCCCC2)C1=O)Nc1ccc(I)cc1. The molecule has 1 N–H and O–H groups in total. The van der Waals surface area contributed by atoms with Gasteiger partial charge in [-0.2, -0.15) is 0 Å². The summed E-state index contributed by atoms with van der Waals surface area (Å²) in [6.07, 6.45) is 4.90. The van der Waals surface area contributed by atoms with Gasteiger partial charge in [0.05, 0.1) is 5.41 Å². The van der Waals surface area contributed by atoms with E-state index < -0.39 is 5.41 Å². The molecule has 5 nitrogen and oxygen atoms in total. The van der Waals surface area contributed by atoms with E-state index >= 15 is 0 Å². The third-order valence-electron chi connectivity index (χ3n) is 4.73. The number of rotatable bonds is 3. The van der Waals surface area contributed by atoms with E-state index in [0.717, 1.165) is 40.6 Å². The first kappa shape index (κ1) is 16.4. The minimum absolute atomic E-state index is 0.153. The number of imide groups is 1. The van der Waals surface area contributed by atoms with E-state index in [9.17, 15) is 14.4 Å². The van der Waals surface area contributed by atoms with Crippen molar-refractivity contribution in [2.45, 2.75) is 38.5 Å². The number of amides is 3. The Hall–Kier alpha value is -1.44. The molecule has 3 rings (SSSR count). The summed E-state index contributed by atoms with van der Waals surface area (Å²) >= 11 is 2.19. The number of nitrogens with one attached hydrogen (secondary N) is 1. The molecule has 1 spiro atoms. The van der Waals surface area contributed by atoms with Gasteiger partial charge in [0.1, 0.15) is 6.54 Å². The summed E-state index contributed by atoms with van der Waals surface area (Å²) in [6.45, 7) is -0.189. The van der Waals surface area contributed by atoms with Gasteiger partial charge in [-0.15, -0.1) is 0 Å². The molecule has 1 aliphatic heterocycles. The van der Waals surface area contributed by atoms with Crippen LogP contribution in [-0.2, 0) is 14.4 Å². The Kier molecular flexibility index (Phi) is 4.70. The van der Waals surface area contributed by atoms with Crippen LogP contribution in [0.4, 0.5) is 5.69 Å². The molecule has 122 valence electrons. The Balaban J connectivity index is 1.65. The van der Waals surface area contributed by atoms with Crippen molar-refractivity contribution in [1.29, 1.82) is 0 Å². The quantitative estimate of drug-likeness (QED) is 0.597.